The van der Waals surface area contributed by atoms with Gasteiger partial charge < -0.3 is 4.90 Å². The lowest BCUT2D eigenvalue weighted by Gasteiger charge is -2.22. The molecule has 14 heavy (non-hydrogen) atoms. The second-order valence-electron chi connectivity index (χ2n) is 3.18. The third-order valence-electron chi connectivity index (χ3n) is 2.13. The molecule has 0 saturated heterocycles. The zero-order valence-corrected chi connectivity index (χ0v) is 8.56. The van der Waals surface area contributed by atoms with Crippen molar-refractivity contribution in [1.82, 2.24) is 0 Å². The van der Waals surface area contributed by atoms with Gasteiger partial charge in [-0.05, 0) is 25.5 Å². The molecule has 0 amide bonds. The van der Waals surface area contributed by atoms with Crippen LogP contribution in [0.15, 0.2) is 18.2 Å². The van der Waals surface area contributed by atoms with Crippen molar-refractivity contribution in [3.8, 4) is 0 Å². The number of anilines is 1. The Kier molecular flexibility index (Phi) is 3.86. The predicted octanol–water partition coefficient (Wildman–Crippen LogP) is 3.20. The molecule has 0 saturated carbocycles. The topological polar surface area (TPSA) is 3.24 Å². The largest absolute Gasteiger partial charge is 0.369 e. The lowest BCUT2D eigenvalue weighted by atomic mass is 10.2. The molecule has 78 valence electrons. The van der Waals surface area contributed by atoms with Crippen molar-refractivity contribution in [3.05, 3.63) is 29.8 Å². The van der Waals surface area contributed by atoms with Gasteiger partial charge in [0.1, 0.15) is 11.6 Å². The van der Waals surface area contributed by atoms with Gasteiger partial charge in [0.15, 0.2) is 0 Å². The Labute approximate surface area is 83.3 Å². The highest BCUT2D eigenvalue weighted by Crippen LogP contribution is 2.19. The Morgan fingerprint density at radius 2 is 1.93 bits per heavy atom. The zero-order chi connectivity index (χ0) is 10.6. The Morgan fingerprint density at radius 3 is 2.43 bits per heavy atom. The van der Waals surface area contributed by atoms with Crippen LogP contribution in [0.5, 0.6) is 0 Å². The molecule has 0 radical (unpaired) electrons. The smallest absolute Gasteiger partial charge is 0.149 e. The van der Waals surface area contributed by atoms with Crippen molar-refractivity contribution in [2.24, 2.45) is 0 Å². The van der Waals surface area contributed by atoms with Crippen molar-refractivity contribution < 1.29 is 8.78 Å². The van der Waals surface area contributed by atoms with Gasteiger partial charge in [-0.2, -0.15) is 0 Å². The molecule has 0 aliphatic heterocycles. The van der Waals surface area contributed by atoms with Gasteiger partial charge in [-0.25, -0.2) is 8.78 Å². The third-order valence-corrected chi connectivity index (χ3v) is 2.13. The average Bonchev–Trinajstić information content (AvgIpc) is 2.15. The standard InChI is InChI=1S/C11H15F2N/c1-3-7-14(4-2)11-6-5-9(12)8-10(11)13/h5-6,8H,3-4,7H2,1-2H3. The molecule has 1 nitrogen and oxygen atoms in total. The van der Waals surface area contributed by atoms with Crippen molar-refractivity contribution >= 4 is 5.69 Å². The molecule has 0 aromatic heterocycles. The van der Waals surface area contributed by atoms with Crippen LogP contribution < -0.4 is 4.90 Å². The summed E-state index contributed by atoms with van der Waals surface area (Å²) < 4.78 is 26.0. The Balaban J connectivity index is 2.92. The lowest BCUT2D eigenvalue weighted by molar-refractivity contribution is 0.578. The first-order chi connectivity index (χ1) is 6.69. The van der Waals surface area contributed by atoms with Crippen LogP contribution in [-0.4, -0.2) is 13.1 Å². The minimum Gasteiger partial charge on any atom is -0.369 e. The first kappa shape index (κ1) is 11.0. The molecule has 3 heteroatoms. The monoisotopic (exact) mass is 199 g/mol. The van der Waals surface area contributed by atoms with Gasteiger partial charge in [0.2, 0.25) is 0 Å². The van der Waals surface area contributed by atoms with E-state index < -0.39 is 11.6 Å². The second-order valence-corrected chi connectivity index (χ2v) is 3.18. The van der Waals surface area contributed by atoms with Gasteiger partial charge in [-0.15, -0.1) is 0 Å². The summed E-state index contributed by atoms with van der Waals surface area (Å²) in [5.41, 5.74) is 0.482. The Bertz CT molecular complexity index is 299. The van der Waals surface area contributed by atoms with Gasteiger partial charge in [-0.1, -0.05) is 6.92 Å². The van der Waals surface area contributed by atoms with E-state index in [9.17, 15) is 8.78 Å². The van der Waals surface area contributed by atoms with E-state index in [2.05, 4.69) is 0 Å². The molecule has 0 atom stereocenters. The summed E-state index contributed by atoms with van der Waals surface area (Å²) in [6.45, 7) is 5.51. The number of halogens is 2. The summed E-state index contributed by atoms with van der Waals surface area (Å²) in [7, 11) is 0. The Morgan fingerprint density at radius 1 is 1.21 bits per heavy atom. The molecule has 0 aliphatic rings. The van der Waals surface area contributed by atoms with Crippen LogP contribution in [-0.2, 0) is 0 Å². The minimum atomic E-state index is -0.529. The fraction of sp³-hybridized carbons (Fsp3) is 0.455. The highest BCUT2D eigenvalue weighted by molar-refractivity contribution is 5.47. The number of benzene rings is 1. The summed E-state index contributed by atoms with van der Waals surface area (Å²) in [6, 6.07) is 3.70. The fourth-order valence-corrected chi connectivity index (χ4v) is 1.46. The molecule has 0 fully saturated rings. The number of nitrogens with zero attached hydrogens (tertiary/aromatic N) is 1. The molecule has 0 N–H and O–H groups in total. The quantitative estimate of drug-likeness (QED) is 0.719. The van der Waals surface area contributed by atoms with E-state index in [0.717, 1.165) is 25.6 Å². The van der Waals surface area contributed by atoms with E-state index in [1.165, 1.54) is 12.1 Å². The molecular formula is C11H15F2N. The predicted molar refractivity (Wildman–Crippen MR) is 54.5 cm³/mol. The molecular weight excluding hydrogens is 184 g/mol. The maximum Gasteiger partial charge on any atom is 0.149 e. The van der Waals surface area contributed by atoms with Crippen molar-refractivity contribution in [1.29, 1.82) is 0 Å². The van der Waals surface area contributed by atoms with Gasteiger partial charge >= 0.3 is 0 Å². The minimum absolute atomic E-state index is 0.482. The highest BCUT2D eigenvalue weighted by atomic mass is 19.1. The molecule has 0 aliphatic carbocycles. The molecule has 0 unspecified atom stereocenters. The molecule has 0 heterocycles. The Hall–Kier alpha value is -1.12. The SMILES string of the molecule is CCCN(CC)c1ccc(F)cc1F. The number of hydrogen-bond acceptors (Lipinski definition) is 1. The maximum absolute atomic E-state index is 13.3. The fourth-order valence-electron chi connectivity index (χ4n) is 1.46. The van der Waals surface area contributed by atoms with Gasteiger partial charge in [-0.3, -0.25) is 0 Å². The van der Waals surface area contributed by atoms with Gasteiger partial charge in [0.25, 0.3) is 0 Å². The van der Waals surface area contributed by atoms with Crippen LogP contribution in [0.2, 0.25) is 0 Å². The summed E-state index contributed by atoms with van der Waals surface area (Å²) in [5, 5.41) is 0. The van der Waals surface area contributed by atoms with Crippen molar-refractivity contribution in [2.75, 3.05) is 18.0 Å². The first-order valence-corrected chi connectivity index (χ1v) is 4.89. The normalized spacial score (nSPS) is 10.3. The highest BCUT2D eigenvalue weighted by Gasteiger charge is 2.09. The van der Waals surface area contributed by atoms with Crippen LogP contribution in [0.3, 0.4) is 0 Å². The summed E-state index contributed by atoms with van der Waals surface area (Å²) in [5.74, 6) is -1.01. The summed E-state index contributed by atoms with van der Waals surface area (Å²) in [4.78, 5) is 1.90. The molecule has 0 bridgehead atoms. The maximum atomic E-state index is 13.3. The van der Waals surface area contributed by atoms with Crippen LogP contribution in [0.4, 0.5) is 14.5 Å². The van der Waals surface area contributed by atoms with Crippen LogP contribution >= 0.6 is 0 Å². The van der Waals surface area contributed by atoms with Gasteiger partial charge in [0.05, 0.1) is 5.69 Å². The molecule has 1 aromatic rings. The molecule has 0 spiro atoms. The first-order valence-electron chi connectivity index (χ1n) is 4.89. The zero-order valence-electron chi connectivity index (χ0n) is 8.56. The van der Waals surface area contributed by atoms with Gasteiger partial charge in [0, 0.05) is 19.2 Å². The van der Waals surface area contributed by atoms with E-state index in [-0.39, 0.29) is 0 Å². The molecule has 1 rings (SSSR count). The van der Waals surface area contributed by atoms with Crippen LogP contribution in [0.1, 0.15) is 20.3 Å². The van der Waals surface area contributed by atoms with E-state index in [4.69, 9.17) is 0 Å². The van der Waals surface area contributed by atoms with Crippen LogP contribution in [0.25, 0.3) is 0 Å². The molecule has 1 aromatic carbocycles. The third kappa shape index (κ3) is 2.44. The average molecular weight is 199 g/mol. The van der Waals surface area contributed by atoms with E-state index >= 15 is 0 Å². The summed E-state index contributed by atoms with van der Waals surface area (Å²) >= 11 is 0. The second kappa shape index (κ2) is 4.94. The van der Waals surface area contributed by atoms with Crippen molar-refractivity contribution in [2.45, 2.75) is 20.3 Å². The van der Waals surface area contributed by atoms with E-state index in [1.807, 2.05) is 18.7 Å². The number of hydrogen-bond donors (Lipinski definition) is 0. The van der Waals surface area contributed by atoms with Crippen molar-refractivity contribution in [3.63, 3.8) is 0 Å². The summed E-state index contributed by atoms with van der Waals surface area (Å²) in [6.07, 6.45) is 0.949. The van der Waals surface area contributed by atoms with Crippen LogP contribution in [0, 0.1) is 11.6 Å². The lowest BCUT2D eigenvalue weighted by Crippen LogP contribution is -2.24. The van der Waals surface area contributed by atoms with E-state index in [0.29, 0.717) is 5.69 Å². The van der Waals surface area contributed by atoms with E-state index in [1.54, 1.807) is 0 Å². The number of rotatable bonds is 4.